The third-order valence-corrected chi connectivity index (χ3v) is 2.12. The average Bonchev–Trinajstić information content (AvgIpc) is 2.30. The van der Waals surface area contributed by atoms with Crippen molar-refractivity contribution in [3.63, 3.8) is 0 Å². The molecule has 0 atom stereocenters. The van der Waals surface area contributed by atoms with Gasteiger partial charge in [0.1, 0.15) is 12.1 Å². The maximum absolute atomic E-state index is 13.1. The first-order valence-corrected chi connectivity index (χ1v) is 4.94. The van der Waals surface area contributed by atoms with Crippen molar-refractivity contribution >= 4 is 17.6 Å². The first-order valence-electron chi connectivity index (χ1n) is 4.94. The molecule has 0 amide bonds. The number of rotatable bonds is 2. The fraction of sp³-hybridized carbons (Fsp3) is 0.100. The minimum atomic E-state index is -4.78. The van der Waals surface area contributed by atoms with Crippen molar-refractivity contribution in [1.82, 2.24) is 15.0 Å². The van der Waals surface area contributed by atoms with E-state index >= 15 is 0 Å². The number of nitrogen functional groups attached to an aromatic ring is 1. The largest absolute Gasteiger partial charge is 0.419 e. The summed E-state index contributed by atoms with van der Waals surface area (Å²) in [5.41, 5.74) is 3.90. The summed E-state index contributed by atoms with van der Waals surface area (Å²) in [6.07, 6.45) is -3.68. The first-order chi connectivity index (χ1) is 8.86. The second kappa shape index (κ2) is 4.67. The molecule has 0 aliphatic rings. The van der Waals surface area contributed by atoms with Gasteiger partial charge in [-0.2, -0.15) is 18.2 Å². The number of hydrogen-bond donors (Lipinski definition) is 2. The van der Waals surface area contributed by atoms with E-state index in [4.69, 9.17) is 5.73 Å². The lowest BCUT2D eigenvalue weighted by molar-refractivity contribution is -0.139. The van der Waals surface area contributed by atoms with Crippen molar-refractivity contribution < 1.29 is 17.6 Å². The second-order valence-electron chi connectivity index (χ2n) is 3.48. The Balaban J connectivity index is 2.32. The maximum atomic E-state index is 13.1. The van der Waals surface area contributed by atoms with Gasteiger partial charge in [0, 0.05) is 5.69 Å². The van der Waals surface area contributed by atoms with Crippen LogP contribution in [0.3, 0.4) is 0 Å². The van der Waals surface area contributed by atoms with Crippen LogP contribution in [0.4, 0.5) is 35.1 Å². The number of hydrogen-bond acceptors (Lipinski definition) is 5. The Morgan fingerprint density at radius 1 is 1.16 bits per heavy atom. The van der Waals surface area contributed by atoms with E-state index in [2.05, 4.69) is 20.3 Å². The van der Waals surface area contributed by atoms with Crippen molar-refractivity contribution in [2.45, 2.75) is 6.18 Å². The van der Waals surface area contributed by atoms with Gasteiger partial charge >= 0.3 is 6.18 Å². The molecule has 0 aliphatic heterocycles. The minimum absolute atomic E-state index is 0.0145. The van der Waals surface area contributed by atoms with Gasteiger partial charge in [0.15, 0.2) is 0 Å². The Morgan fingerprint density at radius 2 is 1.89 bits per heavy atom. The maximum Gasteiger partial charge on any atom is 0.419 e. The fourth-order valence-electron chi connectivity index (χ4n) is 1.32. The highest BCUT2D eigenvalue weighted by atomic mass is 19.4. The molecule has 5 nitrogen and oxygen atoms in total. The molecular weight excluding hydrogens is 266 g/mol. The lowest BCUT2D eigenvalue weighted by Gasteiger charge is -2.10. The number of anilines is 3. The number of aromatic nitrogens is 3. The molecule has 0 aliphatic carbocycles. The lowest BCUT2D eigenvalue weighted by Crippen LogP contribution is -2.09. The molecule has 0 fully saturated rings. The molecule has 1 aromatic carbocycles. The third-order valence-electron chi connectivity index (χ3n) is 2.12. The van der Waals surface area contributed by atoms with Crippen LogP contribution in [0, 0.1) is 5.82 Å². The monoisotopic (exact) mass is 273 g/mol. The van der Waals surface area contributed by atoms with Crippen LogP contribution in [-0.2, 0) is 6.18 Å². The summed E-state index contributed by atoms with van der Waals surface area (Å²) in [6.45, 7) is 0. The van der Waals surface area contributed by atoms with Crippen LogP contribution in [0.1, 0.15) is 5.56 Å². The molecule has 0 saturated heterocycles. The molecule has 0 unspecified atom stereocenters. The molecule has 9 heteroatoms. The van der Waals surface area contributed by atoms with Gasteiger partial charge in [0.2, 0.25) is 11.9 Å². The molecule has 0 spiro atoms. The quantitative estimate of drug-likeness (QED) is 0.821. The Hall–Kier alpha value is -2.45. The summed E-state index contributed by atoms with van der Waals surface area (Å²) in [5, 5.41) is 2.48. The van der Waals surface area contributed by atoms with Gasteiger partial charge < -0.3 is 11.1 Å². The number of benzene rings is 1. The van der Waals surface area contributed by atoms with Gasteiger partial charge in [-0.25, -0.2) is 14.4 Å². The van der Waals surface area contributed by atoms with Gasteiger partial charge in [-0.05, 0) is 18.2 Å². The van der Waals surface area contributed by atoms with Gasteiger partial charge in [-0.15, -0.1) is 0 Å². The third kappa shape index (κ3) is 3.06. The SMILES string of the molecule is Nc1ncnc(Nc2ccc(F)c(C(F)(F)F)c2)n1. The van der Waals surface area contributed by atoms with Crippen molar-refractivity contribution in [3.8, 4) is 0 Å². The van der Waals surface area contributed by atoms with E-state index in [1.54, 1.807) is 0 Å². The highest BCUT2D eigenvalue weighted by Crippen LogP contribution is 2.33. The lowest BCUT2D eigenvalue weighted by atomic mass is 10.2. The predicted molar refractivity (Wildman–Crippen MR) is 58.9 cm³/mol. The van der Waals surface area contributed by atoms with Crippen molar-refractivity contribution in [1.29, 1.82) is 0 Å². The van der Waals surface area contributed by atoms with Crippen molar-refractivity contribution in [2.75, 3.05) is 11.1 Å². The molecule has 2 aromatic rings. The summed E-state index contributed by atoms with van der Waals surface area (Å²) < 4.78 is 50.6. The van der Waals surface area contributed by atoms with Crippen LogP contribution in [0.15, 0.2) is 24.5 Å². The second-order valence-corrected chi connectivity index (χ2v) is 3.48. The number of alkyl halides is 3. The predicted octanol–water partition coefficient (Wildman–Crippen LogP) is 2.36. The van der Waals surface area contributed by atoms with Crippen LogP contribution in [0.5, 0.6) is 0 Å². The minimum Gasteiger partial charge on any atom is -0.368 e. The van der Waals surface area contributed by atoms with Crippen LogP contribution in [0.2, 0.25) is 0 Å². The zero-order valence-electron chi connectivity index (χ0n) is 9.24. The molecule has 0 bridgehead atoms. The van der Waals surface area contributed by atoms with E-state index in [1.165, 1.54) is 0 Å². The average molecular weight is 273 g/mol. The van der Waals surface area contributed by atoms with Crippen LogP contribution >= 0.6 is 0 Å². The number of halogens is 4. The Morgan fingerprint density at radius 3 is 2.53 bits per heavy atom. The van der Waals surface area contributed by atoms with Gasteiger partial charge in [0.25, 0.3) is 0 Å². The summed E-state index contributed by atoms with van der Waals surface area (Å²) in [7, 11) is 0. The summed E-state index contributed by atoms with van der Waals surface area (Å²) in [4.78, 5) is 10.8. The van der Waals surface area contributed by atoms with Crippen LogP contribution < -0.4 is 11.1 Å². The van der Waals surface area contributed by atoms with Crippen LogP contribution in [-0.4, -0.2) is 15.0 Å². The van der Waals surface area contributed by atoms with E-state index in [1.807, 2.05) is 0 Å². The first kappa shape index (κ1) is 13.0. The highest BCUT2D eigenvalue weighted by Gasteiger charge is 2.34. The topological polar surface area (TPSA) is 76.7 Å². The Bertz CT molecular complexity index is 599. The smallest absolute Gasteiger partial charge is 0.368 e. The van der Waals surface area contributed by atoms with Crippen molar-refractivity contribution in [3.05, 3.63) is 35.9 Å². The van der Waals surface area contributed by atoms with E-state index in [-0.39, 0.29) is 17.6 Å². The molecule has 3 N–H and O–H groups in total. The Kier molecular flexibility index (Phi) is 3.19. The number of nitrogens with zero attached hydrogens (tertiary/aromatic N) is 3. The molecular formula is C10H7F4N5. The summed E-state index contributed by atoms with van der Waals surface area (Å²) in [5.74, 6) is -1.48. The van der Waals surface area contributed by atoms with E-state index in [0.717, 1.165) is 12.4 Å². The highest BCUT2D eigenvalue weighted by molar-refractivity contribution is 5.55. The molecule has 1 aromatic heterocycles. The summed E-state index contributed by atoms with van der Waals surface area (Å²) >= 11 is 0. The molecule has 2 rings (SSSR count). The normalized spacial score (nSPS) is 11.4. The van der Waals surface area contributed by atoms with Gasteiger partial charge in [-0.3, -0.25) is 0 Å². The fourth-order valence-corrected chi connectivity index (χ4v) is 1.32. The van der Waals surface area contributed by atoms with E-state index in [9.17, 15) is 17.6 Å². The van der Waals surface area contributed by atoms with E-state index in [0.29, 0.717) is 12.1 Å². The zero-order chi connectivity index (χ0) is 14.0. The molecule has 1 heterocycles. The summed E-state index contributed by atoms with van der Waals surface area (Å²) in [6, 6.07) is 2.45. The zero-order valence-corrected chi connectivity index (χ0v) is 9.24. The molecule has 0 radical (unpaired) electrons. The molecule has 19 heavy (non-hydrogen) atoms. The van der Waals surface area contributed by atoms with Gasteiger partial charge in [-0.1, -0.05) is 0 Å². The Labute approximate surface area is 104 Å². The molecule has 0 saturated carbocycles. The number of nitrogens with two attached hydrogens (primary N) is 1. The van der Waals surface area contributed by atoms with Crippen LogP contribution in [0.25, 0.3) is 0 Å². The van der Waals surface area contributed by atoms with Gasteiger partial charge in [0.05, 0.1) is 5.56 Å². The van der Waals surface area contributed by atoms with E-state index < -0.39 is 17.6 Å². The van der Waals surface area contributed by atoms with Crippen molar-refractivity contribution in [2.24, 2.45) is 0 Å². The molecule has 100 valence electrons. The number of nitrogens with one attached hydrogen (secondary N) is 1. The standard InChI is InChI=1S/C10H7F4N5/c11-7-2-1-5(3-6(7)10(12,13)14)18-9-17-4-16-8(15)19-9/h1-4H,(H3,15,16,17,18,19).